The van der Waals surface area contributed by atoms with Crippen molar-refractivity contribution in [2.45, 2.75) is 46.3 Å². The maximum Gasteiger partial charge on any atom is 0.415 e. The van der Waals surface area contributed by atoms with Crippen LogP contribution in [0.3, 0.4) is 0 Å². The molecule has 3 aliphatic rings. The van der Waals surface area contributed by atoms with Crippen LogP contribution in [-0.4, -0.2) is 90.7 Å². The zero-order valence-corrected chi connectivity index (χ0v) is 26.0. The highest BCUT2D eigenvalue weighted by atomic mass is 16.6. The minimum atomic E-state index is -0.602. The number of pyridine rings is 1. The summed E-state index contributed by atoms with van der Waals surface area (Å²) >= 11 is 0. The van der Waals surface area contributed by atoms with Gasteiger partial charge < -0.3 is 29.2 Å². The number of benzene rings is 1. The number of carbonyl (C=O) groups excluding carboxylic acids is 1. The van der Waals surface area contributed by atoms with E-state index in [9.17, 15) is 4.79 Å². The van der Waals surface area contributed by atoms with E-state index in [0.29, 0.717) is 43.8 Å². The van der Waals surface area contributed by atoms with E-state index in [1.807, 2.05) is 64.4 Å². The number of amides is 1. The number of aromatic nitrogens is 3. The molecule has 0 unspecified atom stereocenters. The van der Waals surface area contributed by atoms with Crippen LogP contribution in [0.25, 0.3) is 0 Å². The first kappa shape index (κ1) is 29.9. The molecule has 1 amide bonds. The van der Waals surface area contributed by atoms with Crippen LogP contribution in [0.2, 0.25) is 0 Å². The van der Waals surface area contributed by atoms with Crippen LogP contribution >= 0.6 is 0 Å². The van der Waals surface area contributed by atoms with E-state index < -0.39 is 11.7 Å². The lowest BCUT2D eigenvalue weighted by molar-refractivity contribution is 0.0322. The third-order valence-electron chi connectivity index (χ3n) is 7.86. The molecule has 2 aromatic heterocycles. The van der Waals surface area contributed by atoms with Crippen LogP contribution in [-0.2, 0) is 22.4 Å². The van der Waals surface area contributed by atoms with Crippen LogP contribution < -0.4 is 24.6 Å². The number of nitrogens with zero attached hydrogens (tertiary/aromatic N) is 6. The predicted molar refractivity (Wildman–Crippen MR) is 167 cm³/mol. The molecule has 0 atom stereocenters. The van der Waals surface area contributed by atoms with Crippen molar-refractivity contribution in [1.29, 1.82) is 0 Å². The van der Waals surface area contributed by atoms with Crippen LogP contribution in [0.1, 0.15) is 37.6 Å². The Labute approximate surface area is 258 Å². The number of hydrogen-bond donors (Lipinski definition) is 1. The second-order valence-corrected chi connectivity index (χ2v) is 12.2. The van der Waals surface area contributed by atoms with Gasteiger partial charge in [0.1, 0.15) is 30.3 Å². The van der Waals surface area contributed by atoms with Crippen molar-refractivity contribution in [3.8, 4) is 11.6 Å². The minimum Gasteiger partial charge on any atom is -0.492 e. The number of hydrogen-bond acceptors (Lipinski definition) is 11. The molecular weight excluding hydrogens is 562 g/mol. The molecule has 0 aliphatic carbocycles. The average molecular weight is 604 g/mol. The molecule has 1 N–H and O–H groups in total. The van der Waals surface area contributed by atoms with Crippen molar-refractivity contribution in [1.82, 2.24) is 19.9 Å². The molecule has 12 nitrogen and oxygen atoms in total. The molecular formula is C32H41N7O5. The number of morpholine rings is 1. The topological polar surface area (TPSA) is 114 Å². The van der Waals surface area contributed by atoms with Gasteiger partial charge in [-0.2, -0.15) is 0 Å². The Morgan fingerprint density at radius 1 is 1.02 bits per heavy atom. The highest BCUT2D eigenvalue weighted by Gasteiger charge is 2.32. The molecule has 1 fully saturated rings. The Hall–Kier alpha value is -4.16. The van der Waals surface area contributed by atoms with Crippen molar-refractivity contribution in [2.75, 3.05) is 74.3 Å². The first-order valence-electron chi connectivity index (χ1n) is 15.3. The van der Waals surface area contributed by atoms with Gasteiger partial charge in [-0.3, -0.25) is 9.80 Å². The van der Waals surface area contributed by atoms with Crippen molar-refractivity contribution in [3.63, 3.8) is 0 Å². The molecule has 0 spiro atoms. The largest absolute Gasteiger partial charge is 0.492 e. The quantitative estimate of drug-likeness (QED) is 0.416. The molecule has 5 heterocycles. The maximum atomic E-state index is 13.1. The Morgan fingerprint density at radius 3 is 2.59 bits per heavy atom. The van der Waals surface area contributed by atoms with Gasteiger partial charge in [0.05, 0.1) is 43.9 Å². The van der Waals surface area contributed by atoms with Crippen molar-refractivity contribution in [3.05, 3.63) is 53.5 Å². The molecule has 3 aromatic rings. The zero-order valence-electron chi connectivity index (χ0n) is 26.0. The van der Waals surface area contributed by atoms with Crippen molar-refractivity contribution in [2.24, 2.45) is 0 Å². The van der Waals surface area contributed by atoms with E-state index in [2.05, 4.69) is 25.1 Å². The third kappa shape index (κ3) is 6.97. The summed E-state index contributed by atoms with van der Waals surface area (Å²) in [5, 5.41) is 3.33. The standard InChI is InChI=1S/C32H41N7O5/c1-22-27(20-33-29-28(22)39(14-18-43-29)31(40)44-32(2,3)4)38-10-9-23-19-34-30(36-26(23)21-38)35-24-5-7-25(8-6-24)42-17-13-37-11-15-41-16-12-37/h5-8,19-20H,9-18,21H2,1-4H3,(H,34,35,36). The summed E-state index contributed by atoms with van der Waals surface area (Å²) < 4.78 is 22.8. The molecule has 0 radical (unpaired) electrons. The lowest BCUT2D eigenvalue weighted by atomic mass is 10.0. The molecule has 0 saturated carbocycles. The van der Waals surface area contributed by atoms with Gasteiger partial charge in [0, 0.05) is 43.6 Å². The molecule has 1 saturated heterocycles. The van der Waals surface area contributed by atoms with Crippen LogP contribution in [0.15, 0.2) is 36.7 Å². The van der Waals surface area contributed by atoms with E-state index >= 15 is 0 Å². The van der Waals surface area contributed by atoms with Gasteiger partial charge in [-0.15, -0.1) is 0 Å². The predicted octanol–water partition coefficient (Wildman–Crippen LogP) is 4.33. The summed E-state index contributed by atoms with van der Waals surface area (Å²) in [5.74, 6) is 1.81. The van der Waals surface area contributed by atoms with E-state index in [0.717, 1.165) is 79.8 Å². The Balaban J connectivity index is 1.11. The van der Waals surface area contributed by atoms with E-state index in [1.165, 1.54) is 0 Å². The van der Waals surface area contributed by atoms with E-state index in [1.54, 1.807) is 4.90 Å². The fourth-order valence-electron chi connectivity index (χ4n) is 5.60. The summed E-state index contributed by atoms with van der Waals surface area (Å²) in [6.07, 6.45) is 4.13. The van der Waals surface area contributed by atoms with Gasteiger partial charge in [0.2, 0.25) is 11.8 Å². The second kappa shape index (κ2) is 12.8. The summed E-state index contributed by atoms with van der Waals surface area (Å²) in [6.45, 7) is 14.8. The van der Waals surface area contributed by atoms with Gasteiger partial charge in [0.25, 0.3) is 0 Å². The molecule has 44 heavy (non-hydrogen) atoms. The number of fused-ring (bicyclic) bond motifs is 2. The van der Waals surface area contributed by atoms with Crippen LogP contribution in [0, 0.1) is 6.92 Å². The molecule has 3 aliphatic heterocycles. The summed E-state index contributed by atoms with van der Waals surface area (Å²) in [7, 11) is 0. The first-order valence-corrected chi connectivity index (χ1v) is 15.3. The molecule has 234 valence electrons. The van der Waals surface area contributed by atoms with Crippen molar-refractivity contribution < 1.29 is 23.7 Å². The first-order chi connectivity index (χ1) is 21.2. The molecule has 1 aromatic carbocycles. The van der Waals surface area contributed by atoms with Gasteiger partial charge in [-0.05, 0) is 63.9 Å². The third-order valence-corrected chi connectivity index (χ3v) is 7.86. The number of nitrogens with one attached hydrogen (secondary N) is 1. The van der Waals surface area contributed by atoms with Gasteiger partial charge >= 0.3 is 6.09 Å². The molecule has 6 rings (SSSR count). The maximum absolute atomic E-state index is 13.1. The van der Waals surface area contributed by atoms with Gasteiger partial charge in [0.15, 0.2) is 0 Å². The number of rotatable bonds is 7. The Kier molecular flexibility index (Phi) is 8.72. The highest BCUT2D eigenvalue weighted by molar-refractivity contribution is 5.92. The fraction of sp³-hybridized carbons (Fsp3) is 0.500. The number of anilines is 4. The Morgan fingerprint density at radius 2 is 1.82 bits per heavy atom. The van der Waals surface area contributed by atoms with E-state index in [-0.39, 0.29) is 0 Å². The van der Waals surface area contributed by atoms with Crippen molar-refractivity contribution >= 4 is 29.1 Å². The molecule has 0 bridgehead atoms. The SMILES string of the molecule is Cc1c(N2CCc3cnc(Nc4ccc(OCCN5CCOCC5)cc4)nc3C2)cnc2c1N(C(=O)OC(C)(C)C)CCO2. The second-order valence-electron chi connectivity index (χ2n) is 12.2. The van der Waals surface area contributed by atoms with Crippen LogP contribution in [0.4, 0.5) is 27.8 Å². The molecule has 12 heteroatoms. The van der Waals surface area contributed by atoms with E-state index in [4.69, 9.17) is 23.9 Å². The number of carbonyl (C=O) groups is 1. The van der Waals surface area contributed by atoms with Gasteiger partial charge in [-0.25, -0.2) is 19.7 Å². The highest BCUT2D eigenvalue weighted by Crippen LogP contribution is 2.39. The number of ether oxygens (including phenoxy) is 4. The fourth-order valence-corrected chi connectivity index (χ4v) is 5.60. The summed E-state index contributed by atoms with van der Waals surface area (Å²) in [5.41, 5.74) is 4.87. The normalized spacial score (nSPS) is 16.9. The summed E-state index contributed by atoms with van der Waals surface area (Å²) in [4.78, 5) is 33.3. The lowest BCUT2D eigenvalue weighted by Gasteiger charge is -2.35. The Bertz CT molecular complexity index is 1470. The minimum absolute atomic E-state index is 0.368. The lowest BCUT2D eigenvalue weighted by Crippen LogP contribution is -2.42. The monoisotopic (exact) mass is 603 g/mol. The van der Waals surface area contributed by atoms with Crippen LogP contribution in [0.5, 0.6) is 11.6 Å². The summed E-state index contributed by atoms with van der Waals surface area (Å²) in [6, 6.07) is 7.86. The average Bonchev–Trinajstić information content (AvgIpc) is 3.01. The van der Waals surface area contributed by atoms with Gasteiger partial charge in [-0.1, -0.05) is 0 Å². The zero-order chi connectivity index (χ0) is 30.7. The smallest absolute Gasteiger partial charge is 0.415 e.